The Labute approximate surface area is 140 Å². The van der Waals surface area contributed by atoms with Crippen LogP contribution in [0.5, 0.6) is 0 Å². The Morgan fingerprint density at radius 2 is 1.88 bits per heavy atom. The number of nitro benzene ring substituents is 1. The van der Waals surface area contributed by atoms with Crippen LogP contribution in [0.1, 0.15) is 11.5 Å². The van der Waals surface area contributed by atoms with Gasteiger partial charge in [0.15, 0.2) is 0 Å². The molecule has 25 heavy (non-hydrogen) atoms. The van der Waals surface area contributed by atoms with Gasteiger partial charge in [0.25, 0.3) is 17.0 Å². The van der Waals surface area contributed by atoms with Crippen LogP contribution in [-0.2, 0) is 0 Å². The average molecular weight is 336 g/mol. The maximum Gasteiger partial charge on any atom is 0.293 e. The summed E-state index contributed by atoms with van der Waals surface area (Å²) >= 11 is 0. The van der Waals surface area contributed by atoms with Crippen LogP contribution in [0.15, 0.2) is 41.3 Å². The van der Waals surface area contributed by atoms with E-state index in [0.29, 0.717) is 28.2 Å². The molecule has 0 aliphatic carbocycles. The highest BCUT2D eigenvalue weighted by molar-refractivity contribution is 5.82. The second-order valence-electron chi connectivity index (χ2n) is 5.56. The lowest BCUT2D eigenvalue weighted by Gasteiger charge is -2.09. The fourth-order valence-electron chi connectivity index (χ4n) is 2.90. The van der Waals surface area contributed by atoms with Gasteiger partial charge >= 0.3 is 0 Å². The Bertz CT molecular complexity index is 1220. The zero-order valence-corrected chi connectivity index (χ0v) is 13.4. The summed E-state index contributed by atoms with van der Waals surface area (Å²) in [6.45, 7) is 3.45. The standard InChI is InChI=1S/C16H12N6O3/c1-9-14-13(21-16(17-9)18-10(2)19-21)7-8-20(15(14)23)11-5-3-4-6-12(11)22(24)25/h3-8H,1-2H3. The van der Waals surface area contributed by atoms with E-state index in [4.69, 9.17) is 0 Å². The number of para-hydroxylation sites is 2. The van der Waals surface area contributed by atoms with Crippen LogP contribution in [0, 0.1) is 24.0 Å². The summed E-state index contributed by atoms with van der Waals surface area (Å²) in [6, 6.07) is 7.78. The van der Waals surface area contributed by atoms with Crippen LogP contribution in [-0.4, -0.2) is 29.1 Å². The Morgan fingerprint density at radius 3 is 2.64 bits per heavy atom. The van der Waals surface area contributed by atoms with Crippen LogP contribution >= 0.6 is 0 Å². The normalized spacial score (nSPS) is 11.3. The molecule has 0 aliphatic heterocycles. The van der Waals surface area contributed by atoms with E-state index in [-0.39, 0.29) is 11.4 Å². The van der Waals surface area contributed by atoms with E-state index >= 15 is 0 Å². The number of hydrogen-bond donors (Lipinski definition) is 0. The van der Waals surface area contributed by atoms with Gasteiger partial charge in [0.1, 0.15) is 11.5 Å². The molecule has 0 spiro atoms. The van der Waals surface area contributed by atoms with Gasteiger partial charge in [-0.05, 0) is 26.0 Å². The molecule has 4 rings (SSSR count). The van der Waals surface area contributed by atoms with E-state index in [1.54, 1.807) is 32.0 Å². The molecule has 9 nitrogen and oxygen atoms in total. The number of aryl methyl sites for hydroxylation is 2. The minimum Gasteiger partial charge on any atom is -0.277 e. The molecule has 3 aromatic heterocycles. The van der Waals surface area contributed by atoms with Crippen molar-refractivity contribution in [3.63, 3.8) is 0 Å². The van der Waals surface area contributed by atoms with Crippen molar-refractivity contribution < 1.29 is 4.92 Å². The quantitative estimate of drug-likeness (QED) is 0.409. The van der Waals surface area contributed by atoms with Gasteiger partial charge in [-0.3, -0.25) is 19.5 Å². The molecule has 4 aromatic rings. The first kappa shape index (κ1) is 14.9. The highest BCUT2D eigenvalue weighted by atomic mass is 16.6. The number of rotatable bonds is 2. The Balaban J connectivity index is 2.11. The third kappa shape index (κ3) is 2.17. The SMILES string of the molecule is Cc1nc2nc(C)c3c(=O)n(-c4ccccc4[N+](=O)[O-])ccc3n2n1. The molecule has 124 valence electrons. The summed E-state index contributed by atoms with van der Waals surface area (Å²) in [4.78, 5) is 32.3. The molecule has 1 aromatic carbocycles. The van der Waals surface area contributed by atoms with Gasteiger partial charge in [-0.15, -0.1) is 5.10 Å². The first-order valence-electron chi connectivity index (χ1n) is 7.46. The molecule has 0 aliphatic rings. The number of aromatic nitrogens is 5. The van der Waals surface area contributed by atoms with Crippen molar-refractivity contribution in [3.8, 4) is 5.69 Å². The molecule has 0 radical (unpaired) electrons. The number of benzene rings is 1. The van der Waals surface area contributed by atoms with Crippen LogP contribution in [0.4, 0.5) is 5.69 Å². The third-order valence-corrected chi connectivity index (χ3v) is 3.96. The molecule has 0 fully saturated rings. The molecule has 0 bridgehead atoms. The average Bonchev–Trinajstić information content (AvgIpc) is 2.95. The molecule has 0 saturated carbocycles. The zero-order chi connectivity index (χ0) is 17.7. The monoisotopic (exact) mass is 336 g/mol. The molecule has 3 heterocycles. The molecule has 0 amide bonds. The van der Waals surface area contributed by atoms with Crippen molar-refractivity contribution in [1.29, 1.82) is 0 Å². The van der Waals surface area contributed by atoms with E-state index < -0.39 is 10.5 Å². The van der Waals surface area contributed by atoms with Crippen molar-refractivity contribution >= 4 is 22.4 Å². The smallest absolute Gasteiger partial charge is 0.277 e. The minimum absolute atomic E-state index is 0.146. The molecular formula is C16H12N6O3. The van der Waals surface area contributed by atoms with Gasteiger partial charge in [-0.2, -0.15) is 9.50 Å². The van der Waals surface area contributed by atoms with Gasteiger partial charge in [-0.1, -0.05) is 12.1 Å². The number of nitro groups is 1. The van der Waals surface area contributed by atoms with Crippen molar-refractivity contribution in [2.75, 3.05) is 0 Å². The first-order chi connectivity index (χ1) is 12.0. The second-order valence-corrected chi connectivity index (χ2v) is 5.56. The predicted octanol–water partition coefficient (Wildman–Crippen LogP) is 1.95. The number of nitrogens with zero attached hydrogens (tertiary/aromatic N) is 6. The van der Waals surface area contributed by atoms with Gasteiger partial charge in [0.2, 0.25) is 0 Å². The molecule has 0 atom stereocenters. The summed E-state index contributed by atoms with van der Waals surface area (Å²) in [5, 5.41) is 15.9. The lowest BCUT2D eigenvalue weighted by Crippen LogP contribution is -2.21. The highest BCUT2D eigenvalue weighted by Crippen LogP contribution is 2.22. The van der Waals surface area contributed by atoms with Gasteiger partial charge in [-0.25, -0.2) is 4.98 Å². The Hall–Kier alpha value is -3.62. The van der Waals surface area contributed by atoms with Crippen LogP contribution in [0.3, 0.4) is 0 Å². The van der Waals surface area contributed by atoms with Crippen LogP contribution in [0.2, 0.25) is 0 Å². The summed E-state index contributed by atoms with van der Waals surface area (Å²) in [7, 11) is 0. The fourth-order valence-corrected chi connectivity index (χ4v) is 2.90. The summed E-state index contributed by atoms with van der Waals surface area (Å²) in [6.07, 6.45) is 1.50. The molecule has 0 unspecified atom stereocenters. The summed E-state index contributed by atoms with van der Waals surface area (Å²) < 4.78 is 2.76. The van der Waals surface area contributed by atoms with Crippen LogP contribution in [0.25, 0.3) is 22.4 Å². The van der Waals surface area contributed by atoms with E-state index in [2.05, 4.69) is 15.1 Å². The van der Waals surface area contributed by atoms with Gasteiger partial charge in [0, 0.05) is 12.3 Å². The lowest BCUT2D eigenvalue weighted by molar-refractivity contribution is -0.384. The van der Waals surface area contributed by atoms with Crippen LogP contribution < -0.4 is 5.56 Å². The Morgan fingerprint density at radius 1 is 1.12 bits per heavy atom. The van der Waals surface area contributed by atoms with Crippen molar-refractivity contribution in [2.45, 2.75) is 13.8 Å². The van der Waals surface area contributed by atoms with Crippen molar-refractivity contribution in [1.82, 2.24) is 24.1 Å². The molecule has 0 saturated heterocycles. The summed E-state index contributed by atoms with van der Waals surface area (Å²) in [5.41, 5.74) is 0.712. The van der Waals surface area contributed by atoms with Crippen molar-refractivity contribution in [2.24, 2.45) is 0 Å². The van der Waals surface area contributed by atoms with Crippen molar-refractivity contribution in [3.05, 3.63) is 68.5 Å². The topological polar surface area (TPSA) is 108 Å². The fraction of sp³-hybridized carbons (Fsp3) is 0.125. The van der Waals surface area contributed by atoms with E-state index in [9.17, 15) is 14.9 Å². The number of fused-ring (bicyclic) bond motifs is 3. The predicted molar refractivity (Wildman–Crippen MR) is 90.0 cm³/mol. The highest BCUT2D eigenvalue weighted by Gasteiger charge is 2.18. The minimum atomic E-state index is -0.513. The first-order valence-corrected chi connectivity index (χ1v) is 7.46. The van der Waals surface area contributed by atoms with Gasteiger partial charge in [0.05, 0.1) is 21.5 Å². The van der Waals surface area contributed by atoms with Gasteiger partial charge < -0.3 is 0 Å². The van der Waals surface area contributed by atoms with E-state index in [1.165, 1.54) is 27.4 Å². The number of hydrogen-bond acceptors (Lipinski definition) is 6. The maximum absolute atomic E-state index is 13.0. The maximum atomic E-state index is 13.0. The third-order valence-electron chi connectivity index (χ3n) is 3.96. The molecular weight excluding hydrogens is 324 g/mol. The summed E-state index contributed by atoms with van der Waals surface area (Å²) in [5.74, 6) is 0.951. The zero-order valence-electron chi connectivity index (χ0n) is 13.4. The Kier molecular flexibility index (Phi) is 3.11. The van der Waals surface area contributed by atoms with E-state index in [1.807, 2.05) is 0 Å². The molecule has 9 heteroatoms. The largest absolute Gasteiger partial charge is 0.293 e. The number of pyridine rings is 1. The second kappa shape index (κ2) is 5.20. The lowest BCUT2D eigenvalue weighted by atomic mass is 10.2. The van der Waals surface area contributed by atoms with E-state index in [0.717, 1.165) is 0 Å². The molecule has 0 N–H and O–H groups in total.